The fourth-order valence-electron chi connectivity index (χ4n) is 1.39. The summed E-state index contributed by atoms with van der Waals surface area (Å²) in [6.45, 7) is 0. The molecule has 0 fully saturated rings. The number of methoxy groups -OCH3 is 1. The van der Waals surface area contributed by atoms with Gasteiger partial charge in [-0.05, 0) is 24.3 Å². The number of hydrogen-bond acceptors (Lipinski definition) is 6. The SMILES string of the molecule is COc1cc(Nc2ccc(C#N)cc2)nc(N)n1. The first-order valence-electron chi connectivity index (χ1n) is 5.17. The maximum Gasteiger partial charge on any atom is 0.225 e. The van der Waals surface area contributed by atoms with Crippen LogP contribution in [-0.4, -0.2) is 17.1 Å². The average Bonchev–Trinajstić information content (AvgIpc) is 2.39. The predicted molar refractivity (Wildman–Crippen MR) is 67.4 cm³/mol. The number of nitrogens with zero attached hydrogens (tertiary/aromatic N) is 3. The summed E-state index contributed by atoms with van der Waals surface area (Å²) < 4.78 is 5.00. The van der Waals surface area contributed by atoms with Crippen molar-refractivity contribution in [3.8, 4) is 11.9 Å². The molecule has 2 aromatic rings. The average molecular weight is 241 g/mol. The summed E-state index contributed by atoms with van der Waals surface area (Å²) in [5.41, 5.74) is 6.95. The van der Waals surface area contributed by atoms with Gasteiger partial charge in [0, 0.05) is 11.8 Å². The normalized spacial score (nSPS) is 9.56. The van der Waals surface area contributed by atoms with E-state index >= 15 is 0 Å². The van der Waals surface area contributed by atoms with Crippen molar-refractivity contribution in [2.75, 3.05) is 18.2 Å². The van der Waals surface area contributed by atoms with E-state index in [9.17, 15) is 0 Å². The van der Waals surface area contributed by atoms with E-state index in [4.69, 9.17) is 15.7 Å². The van der Waals surface area contributed by atoms with Crippen LogP contribution in [-0.2, 0) is 0 Å². The lowest BCUT2D eigenvalue weighted by molar-refractivity contribution is 0.398. The summed E-state index contributed by atoms with van der Waals surface area (Å²) in [5.74, 6) is 1.05. The molecular formula is C12H11N5O. The molecule has 0 spiro atoms. The zero-order valence-corrected chi connectivity index (χ0v) is 9.71. The summed E-state index contributed by atoms with van der Waals surface area (Å²) in [6.07, 6.45) is 0. The molecule has 1 aromatic carbocycles. The van der Waals surface area contributed by atoms with Crippen LogP contribution in [0.3, 0.4) is 0 Å². The smallest absolute Gasteiger partial charge is 0.225 e. The molecule has 6 nitrogen and oxygen atoms in total. The van der Waals surface area contributed by atoms with Crippen LogP contribution < -0.4 is 15.8 Å². The van der Waals surface area contributed by atoms with E-state index in [0.29, 0.717) is 17.3 Å². The quantitative estimate of drug-likeness (QED) is 0.848. The Kier molecular flexibility index (Phi) is 3.25. The van der Waals surface area contributed by atoms with Gasteiger partial charge in [-0.25, -0.2) is 0 Å². The Morgan fingerprint density at radius 3 is 2.61 bits per heavy atom. The number of rotatable bonds is 3. The van der Waals surface area contributed by atoms with Gasteiger partial charge in [-0.1, -0.05) is 0 Å². The molecule has 0 aliphatic carbocycles. The van der Waals surface area contributed by atoms with Gasteiger partial charge in [-0.2, -0.15) is 15.2 Å². The van der Waals surface area contributed by atoms with Crippen molar-refractivity contribution >= 4 is 17.5 Å². The van der Waals surface area contributed by atoms with Gasteiger partial charge in [-0.15, -0.1) is 0 Å². The monoisotopic (exact) mass is 241 g/mol. The molecule has 3 N–H and O–H groups in total. The zero-order valence-electron chi connectivity index (χ0n) is 9.71. The van der Waals surface area contributed by atoms with E-state index in [1.54, 1.807) is 30.3 Å². The molecule has 2 rings (SSSR count). The minimum absolute atomic E-state index is 0.130. The van der Waals surface area contributed by atoms with Crippen molar-refractivity contribution in [2.45, 2.75) is 0 Å². The molecule has 0 radical (unpaired) electrons. The van der Waals surface area contributed by atoms with Crippen molar-refractivity contribution in [2.24, 2.45) is 0 Å². The Morgan fingerprint density at radius 2 is 2.00 bits per heavy atom. The van der Waals surface area contributed by atoms with Gasteiger partial charge >= 0.3 is 0 Å². The van der Waals surface area contributed by atoms with Gasteiger partial charge in [0.1, 0.15) is 5.82 Å². The first-order valence-corrected chi connectivity index (χ1v) is 5.17. The Morgan fingerprint density at radius 1 is 1.28 bits per heavy atom. The molecule has 0 saturated carbocycles. The van der Waals surface area contributed by atoms with Crippen LogP contribution in [0.15, 0.2) is 30.3 Å². The second kappa shape index (κ2) is 5.01. The third kappa shape index (κ3) is 2.65. The van der Waals surface area contributed by atoms with E-state index in [1.165, 1.54) is 7.11 Å². The van der Waals surface area contributed by atoms with Crippen molar-refractivity contribution < 1.29 is 4.74 Å². The molecular weight excluding hydrogens is 230 g/mol. The van der Waals surface area contributed by atoms with Gasteiger partial charge in [0.2, 0.25) is 11.8 Å². The molecule has 0 bridgehead atoms. The standard InChI is InChI=1S/C12H11N5O/c1-18-11-6-10(16-12(14)17-11)15-9-4-2-8(7-13)3-5-9/h2-6H,1H3,(H3,14,15,16,17). The lowest BCUT2D eigenvalue weighted by atomic mass is 10.2. The fourth-order valence-corrected chi connectivity index (χ4v) is 1.39. The number of nitriles is 1. The third-order valence-corrected chi connectivity index (χ3v) is 2.22. The van der Waals surface area contributed by atoms with Crippen LogP contribution in [0.5, 0.6) is 5.88 Å². The Labute approximate surface area is 104 Å². The maximum atomic E-state index is 8.70. The van der Waals surface area contributed by atoms with Gasteiger partial charge in [0.15, 0.2) is 0 Å². The highest BCUT2D eigenvalue weighted by Crippen LogP contribution is 2.19. The molecule has 90 valence electrons. The number of aromatic nitrogens is 2. The largest absolute Gasteiger partial charge is 0.481 e. The lowest BCUT2D eigenvalue weighted by Gasteiger charge is -2.07. The zero-order chi connectivity index (χ0) is 13.0. The molecule has 1 heterocycles. The molecule has 6 heteroatoms. The minimum Gasteiger partial charge on any atom is -0.481 e. The van der Waals surface area contributed by atoms with Crippen molar-refractivity contribution in [3.63, 3.8) is 0 Å². The van der Waals surface area contributed by atoms with Crippen LogP contribution in [0.1, 0.15) is 5.56 Å². The number of nitrogen functional groups attached to an aromatic ring is 1. The Balaban J connectivity index is 2.22. The summed E-state index contributed by atoms with van der Waals surface area (Å²) in [4.78, 5) is 7.91. The maximum absolute atomic E-state index is 8.70. The van der Waals surface area contributed by atoms with Gasteiger partial charge in [0.25, 0.3) is 0 Å². The number of hydrogen-bond donors (Lipinski definition) is 2. The predicted octanol–water partition coefficient (Wildman–Crippen LogP) is 1.68. The van der Waals surface area contributed by atoms with Crippen molar-refractivity contribution in [1.29, 1.82) is 5.26 Å². The van der Waals surface area contributed by atoms with E-state index in [2.05, 4.69) is 21.4 Å². The second-order valence-electron chi connectivity index (χ2n) is 3.47. The van der Waals surface area contributed by atoms with Crippen LogP contribution in [0.2, 0.25) is 0 Å². The number of ether oxygens (including phenoxy) is 1. The molecule has 0 aliphatic heterocycles. The van der Waals surface area contributed by atoms with Gasteiger partial charge < -0.3 is 15.8 Å². The molecule has 1 aromatic heterocycles. The summed E-state index contributed by atoms with van der Waals surface area (Å²) >= 11 is 0. The highest BCUT2D eigenvalue weighted by Gasteiger charge is 2.02. The number of nitrogens with two attached hydrogens (primary N) is 1. The first kappa shape index (κ1) is 11.7. The first-order chi connectivity index (χ1) is 8.71. The van der Waals surface area contributed by atoms with Crippen LogP contribution >= 0.6 is 0 Å². The topological polar surface area (TPSA) is 96.8 Å². The molecule has 0 aliphatic rings. The molecule has 18 heavy (non-hydrogen) atoms. The van der Waals surface area contributed by atoms with Crippen molar-refractivity contribution in [1.82, 2.24) is 9.97 Å². The molecule has 0 atom stereocenters. The number of anilines is 3. The lowest BCUT2D eigenvalue weighted by Crippen LogP contribution is -2.01. The summed E-state index contributed by atoms with van der Waals surface area (Å²) in [6, 6.07) is 10.7. The van der Waals surface area contributed by atoms with E-state index in [1.807, 2.05) is 0 Å². The molecule has 0 saturated heterocycles. The summed E-state index contributed by atoms with van der Waals surface area (Å²) in [5, 5.41) is 11.7. The highest BCUT2D eigenvalue weighted by atomic mass is 16.5. The minimum atomic E-state index is 0.130. The third-order valence-electron chi connectivity index (χ3n) is 2.22. The van der Waals surface area contributed by atoms with Crippen LogP contribution in [0.25, 0.3) is 0 Å². The summed E-state index contributed by atoms with van der Waals surface area (Å²) in [7, 11) is 1.51. The fraction of sp³-hybridized carbons (Fsp3) is 0.0833. The van der Waals surface area contributed by atoms with Crippen molar-refractivity contribution in [3.05, 3.63) is 35.9 Å². The molecule has 0 amide bonds. The van der Waals surface area contributed by atoms with E-state index < -0.39 is 0 Å². The Hall–Kier alpha value is -2.81. The van der Waals surface area contributed by atoms with Gasteiger partial charge in [0.05, 0.1) is 18.7 Å². The Bertz CT molecular complexity index is 588. The number of nitrogens with one attached hydrogen (secondary N) is 1. The molecule has 0 unspecified atom stereocenters. The van der Waals surface area contributed by atoms with E-state index in [0.717, 1.165) is 5.69 Å². The van der Waals surface area contributed by atoms with Crippen LogP contribution in [0.4, 0.5) is 17.5 Å². The number of benzene rings is 1. The second-order valence-corrected chi connectivity index (χ2v) is 3.47. The highest BCUT2D eigenvalue weighted by molar-refractivity contribution is 5.58. The van der Waals surface area contributed by atoms with E-state index in [-0.39, 0.29) is 5.95 Å². The van der Waals surface area contributed by atoms with Crippen LogP contribution in [0, 0.1) is 11.3 Å². The van der Waals surface area contributed by atoms with Gasteiger partial charge in [-0.3, -0.25) is 0 Å².